The largest absolute Gasteiger partial charge is 1.00 e. The lowest BCUT2D eigenvalue weighted by Crippen LogP contribution is -3.00. The van der Waals surface area contributed by atoms with Crippen LogP contribution in [0.5, 0.6) is 0 Å². The molecule has 0 amide bonds. The predicted octanol–water partition coefficient (Wildman–Crippen LogP) is -1.30. The van der Waals surface area contributed by atoms with Crippen LogP contribution in [0.3, 0.4) is 0 Å². The van der Waals surface area contributed by atoms with E-state index in [4.69, 9.17) is 0 Å². The van der Waals surface area contributed by atoms with Crippen LogP contribution in [-0.4, -0.2) is 0 Å². The molecular weight excluding hydrogens is 141 g/mol. The van der Waals surface area contributed by atoms with Gasteiger partial charge in [-0.25, -0.2) is 4.57 Å². The maximum atomic E-state index is 2.22. The van der Waals surface area contributed by atoms with E-state index in [9.17, 15) is 0 Å². The lowest BCUT2D eigenvalue weighted by atomic mass is 10.3. The summed E-state index contributed by atoms with van der Waals surface area (Å²) in [5, 5.41) is 0. The Labute approximate surface area is 67.0 Å². The second kappa shape index (κ2) is 4.83. The minimum absolute atomic E-state index is 0. The molecule has 0 unspecified atom stereocenters. The third-order valence-electron chi connectivity index (χ3n) is 1.49. The molecule has 0 aliphatic heterocycles. The van der Waals surface area contributed by atoms with E-state index in [-0.39, 0.29) is 4.70 Å². The first kappa shape index (κ1) is 10.1. The Morgan fingerprint density at radius 2 is 2.18 bits per heavy atom. The zero-order chi connectivity index (χ0) is 7.40. The van der Waals surface area contributed by atoms with E-state index in [1.807, 2.05) is 0 Å². The quantitative estimate of drug-likeness (QED) is 0.467. The van der Waals surface area contributed by atoms with Gasteiger partial charge in [0.1, 0.15) is 6.54 Å². The molecule has 11 heavy (non-hydrogen) atoms. The highest BCUT2D eigenvalue weighted by molar-refractivity contribution is 5.01. The lowest BCUT2D eigenvalue weighted by Gasteiger charge is -1.92. The van der Waals surface area contributed by atoms with Crippen molar-refractivity contribution in [2.75, 3.05) is 0 Å². The summed E-state index contributed by atoms with van der Waals surface area (Å²) >= 11 is 0. The highest BCUT2D eigenvalue weighted by Gasteiger charge is 1.95. The first-order chi connectivity index (χ1) is 4.83. The van der Waals surface area contributed by atoms with Crippen molar-refractivity contribution in [2.24, 2.45) is 0 Å². The zero-order valence-corrected chi connectivity index (χ0v) is 7.05. The molecule has 0 radical (unpaired) electrons. The van der Waals surface area contributed by atoms with Gasteiger partial charge in [-0.15, -0.1) is 0 Å². The molecule has 0 aliphatic rings. The van der Waals surface area contributed by atoms with Gasteiger partial charge in [-0.05, 0) is 13.0 Å². The normalized spacial score (nSPS) is 8.91. The Balaban J connectivity index is 0.000001000. The highest BCUT2D eigenvalue weighted by Crippen LogP contribution is 1.89. The summed E-state index contributed by atoms with van der Waals surface area (Å²) in [4.78, 5) is 0. The molecular formula is C9H14FN. The van der Waals surface area contributed by atoms with Crippen molar-refractivity contribution in [2.45, 2.75) is 26.8 Å². The number of nitrogens with zero attached hydrogens (tertiary/aromatic N) is 1. The summed E-state index contributed by atoms with van der Waals surface area (Å²) < 4.78 is 2.22. The zero-order valence-electron chi connectivity index (χ0n) is 7.05. The van der Waals surface area contributed by atoms with Gasteiger partial charge in [0.25, 0.3) is 0 Å². The molecule has 0 aliphatic carbocycles. The number of halogens is 1. The van der Waals surface area contributed by atoms with Gasteiger partial charge in [-0.2, -0.15) is 0 Å². The Morgan fingerprint density at radius 1 is 1.45 bits per heavy atom. The van der Waals surface area contributed by atoms with Gasteiger partial charge in [-0.3, -0.25) is 0 Å². The number of rotatable bonds is 2. The number of hydrogen-bond acceptors (Lipinski definition) is 0. The van der Waals surface area contributed by atoms with Gasteiger partial charge in [-0.1, -0.05) is 6.92 Å². The molecule has 0 bridgehead atoms. The average Bonchev–Trinajstić information content (AvgIpc) is 1.88. The van der Waals surface area contributed by atoms with Crippen LogP contribution in [0.25, 0.3) is 0 Å². The number of aryl methyl sites for hydroxylation is 2. The van der Waals surface area contributed by atoms with E-state index in [0.717, 1.165) is 6.54 Å². The molecule has 62 valence electrons. The third-order valence-corrected chi connectivity index (χ3v) is 1.49. The van der Waals surface area contributed by atoms with Crippen LogP contribution >= 0.6 is 0 Å². The van der Waals surface area contributed by atoms with Gasteiger partial charge in [0, 0.05) is 18.1 Å². The maximum absolute atomic E-state index is 2.22. The summed E-state index contributed by atoms with van der Waals surface area (Å²) in [5.41, 5.74) is 1.33. The van der Waals surface area contributed by atoms with E-state index >= 15 is 0 Å². The number of hydrogen-bond donors (Lipinski definition) is 0. The topological polar surface area (TPSA) is 3.88 Å². The molecule has 0 spiro atoms. The Morgan fingerprint density at radius 3 is 2.73 bits per heavy atom. The summed E-state index contributed by atoms with van der Waals surface area (Å²) in [7, 11) is 0. The van der Waals surface area contributed by atoms with Gasteiger partial charge >= 0.3 is 0 Å². The van der Waals surface area contributed by atoms with Crippen LogP contribution in [0.1, 0.15) is 18.9 Å². The first-order valence-corrected chi connectivity index (χ1v) is 3.78. The van der Waals surface area contributed by atoms with Crippen LogP contribution < -0.4 is 9.27 Å². The monoisotopic (exact) mass is 155 g/mol. The second-order valence-corrected chi connectivity index (χ2v) is 2.62. The van der Waals surface area contributed by atoms with Crippen molar-refractivity contribution in [3.05, 3.63) is 30.1 Å². The molecule has 1 heterocycles. The van der Waals surface area contributed by atoms with Crippen LogP contribution in [0.15, 0.2) is 24.5 Å². The highest BCUT2D eigenvalue weighted by atomic mass is 19.0. The fourth-order valence-corrected chi connectivity index (χ4v) is 1.05. The van der Waals surface area contributed by atoms with Crippen molar-refractivity contribution >= 4 is 0 Å². The Bertz CT molecular complexity index is 210. The molecule has 1 nitrogen and oxygen atoms in total. The van der Waals surface area contributed by atoms with E-state index in [1.165, 1.54) is 12.0 Å². The van der Waals surface area contributed by atoms with Crippen molar-refractivity contribution < 1.29 is 9.27 Å². The van der Waals surface area contributed by atoms with E-state index < -0.39 is 0 Å². The second-order valence-electron chi connectivity index (χ2n) is 2.62. The SMILES string of the molecule is CCC[n+]1cccc(C)c1.[F-]. The fraction of sp³-hybridized carbons (Fsp3) is 0.444. The van der Waals surface area contributed by atoms with Gasteiger partial charge in [0.15, 0.2) is 12.4 Å². The minimum Gasteiger partial charge on any atom is -1.00 e. The summed E-state index contributed by atoms with van der Waals surface area (Å²) in [6.45, 7) is 5.43. The Kier molecular flexibility index (Phi) is 4.42. The molecule has 0 N–H and O–H groups in total. The molecule has 0 atom stereocenters. The number of pyridine rings is 1. The summed E-state index contributed by atoms with van der Waals surface area (Å²) in [6, 6.07) is 4.21. The van der Waals surface area contributed by atoms with Crippen LogP contribution in [0.4, 0.5) is 0 Å². The summed E-state index contributed by atoms with van der Waals surface area (Å²) in [6.07, 6.45) is 5.48. The smallest absolute Gasteiger partial charge is 0.171 e. The van der Waals surface area contributed by atoms with Crippen molar-refractivity contribution in [3.8, 4) is 0 Å². The predicted molar refractivity (Wildman–Crippen MR) is 41.7 cm³/mol. The van der Waals surface area contributed by atoms with Crippen molar-refractivity contribution in [1.82, 2.24) is 0 Å². The molecule has 2 heteroatoms. The van der Waals surface area contributed by atoms with E-state index in [0.29, 0.717) is 0 Å². The van der Waals surface area contributed by atoms with E-state index in [1.54, 1.807) is 0 Å². The van der Waals surface area contributed by atoms with Crippen LogP contribution in [0.2, 0.25) is 0 Å². The molecule has 1 aromatic heterocycles. The molecule has 0 fully saturated rings. The van der Waals surface area contributed by atoms with Gasteiger partial charge in [0.2, 0.25) is 0 Å². The lowest BCUT2D eigenvalue weighted by molar-refractivity contribution is -0.697. The Hall–Kier alpha value is -0.920. The molecule has 0 aromatic carbocycles. The molecule has 1 rings (SSSR count). The molecule has 0 saturated heterocycles. The van der Waals surface area contributed by atoms with Crippen molar-refractivity contribution in [1.29, 1.82) is 0 Å². The molecule has 0 saturated carbocycles. The van der Waals surface area contributed by atoms with Gasteiger partial charge in [0.05, 0.1) is 0 Å². The molecule has 1 aromatic rings. The fourth-order valence-electron chi connectivity index (χ4n) is 1.05. The first-order valence-electron chi connectivity index (χ1n) is 3.78. The third kappa shape index (κ3) is 3.12. The standard InChI is InChI=1S/C9H14N.FH/c1-3-6-10-7-4-5-9(2)8-10;/h4-5,7-8H,3,6H2,1-2H3;1H/q+1;/p-1. The number of aromatic nitrogens is 1. The van der Waals surface area contributed by atoms with Gasteiger partial charge < -0.3 is 4.70 Å². The average molecular weight is 155 g/mol. The maximum Gasteiger partial charge on any atom is 0.171 e. The summed E-state index contributed by atoms with van der Waals surface area (Å²) in [5.74, 6) is 0. The van der Waals surface area contributed by atoms with E-state index in [2.05, 4.69) is 42.9 Å². The van der Waals surface area contributed by atoms with Crippen LogP contribution in [0, 0.1) is 6.92 Å². The minimum atomic E-state index is 0. The van der Waals surface area contributed by atoms with Crippen molar-refractivity contribution in [3.63, 3.8) is 0 Å². The van der Waals surface area contributed by atoms with Crippen LogP contribution in [-0.2, 0) is 6.54 Å².